The maximum atomic E-state index is 9.66. The first-order valence-electron chi connectivity index (χ1n) is 4.20. The van der Waals surface area contributed by atoms with Gasteiger partial charge in [0.05, 0.1) is 12.2 Å². The lowest BCUT2D eigenvalue weighted by Gasteiger charge is -2.15. The molecule has 1 aliphatic rings. The lowest BCUT2D eigenvalue weighted by molar-refractivity contribution is 0.309. The van der Waals surface area contributed by atoms with E-state index in [4.69, 9.17) is 0 Å². The Morgan fingerprint density at radius 2 is 2.00 bits per heavy atom. The van der Waals surface area contributed by atoms with E-state index in [9.17, 15) is 5.21 Å². The first-order valence-corrected chi connectivity index (χ1v) is 4.20. The maximum Gasteiger partial charge on any atom is 0.223 e. The predicted octanol–water partition coefficient (Wildman–Crippen LogP) is 1.26. The topological polar surface area (TPSA) is 47.9 Å². The number of hydrogen-bond acceptors (Lipinski definition) is 4. The van der Waals surface area contributed by atoms with E-state index in [2.05, 4.69) is 10.3 Å². The highest BCUT2D eigenvalue weighted by atomic mass is 35.5. The summed E-state index contributed by atoms with van der Waals surface area (Å²) in [5.74, 6) is 0.520. The van der Waals surface area contributed by atoms with Crippen molar-refractivity contribution in [3.05, 3.63) is 30.3 Å². The van der Waals surface area contributed by atoms with Crippen molar-refractivity contribution < 1.29 is 5.21 Å². The largest absolute Gasteiger partial charge is 0.352 e. The van der Waals surface area contributed by atoms with Gasteiger partial charge in [-0.1, -0.05) is 18.2 Å². The maximum absolute atomic E-state index is 9.66. The number of nitrogens with one attached hydrogen (secondary N) is 1. The SMILES string of the molecule is Cl.ON(C1=NCCN1)c1ccccc1. The van der Waals surface area contributed by atoms with Gasteiger partial charge in [-0.15, -0.1) is 12.4 Å². The molecule has 1 heterocycles. The molecule has 0 atom stereocenters. The van der Waals surface area contributed by atoms with E-state index in [0.29, 0.717) is 5.96 Å². The molecular formula is C9H12ClN3O. The van der Waals surface area contributed by atoms with Crippen LogP contribution in [-0.2, 0) is 0 Å². The van der Waals surface area contributed by atoms with Crippen LogP contribution in [0.25, 0.3) is 0 Å². The minimum Gasteiger partial charge on any atom is -0.352 e. The van der Waals surface area contributed by atoms with E-state index in [0.717, 1.165) is 23.8 Å². The van der Waals surface area contributed by atoms with Crippen molar-refractivity contribution in [2.75, 3.05) is 18.2 Å². The van der Waals surface area contributed by atoms with Crippen molar-refractivity contribution in [3.8, 4) is 0 Å². The number of benzene rings is 1. The fourth-order valence-corrected chi connectivity index (χ4v) is 1.22. The van der Waals surface area contributed by atoms with Crippen molar-refractivity contribution in [3.63, 3.8) is 0 Å². The van der Waals surface area contributed by atoms with Crippen LogP contribution in [0.5, 0.6) is 0 Å². The van der Waals surface area contributed by atoms with E-state index >= 15 is 0 Å². The Morgan fingerprint density at radius 1 is 1.29 bits per heavy atom. The third kappa shape index (κ3) is 2.16. The Labute approximate surface area is 88.6 Å². The Hall–Kier alpha value is -1.26. The first-order chi connectivity index (χ1) is 6.38. The average Bonchev–Trinajstić information content (AvgIpc) is 2.71. The van der Waals surface area contributed by atoms with Crippen LogP contribution in [-0.4, -0.2) is 24.3 Å². The second-order valence-corrected chi connectivity index (χ2v) is 2.78. The van der Waals surface area contributed by atoms with Crippen LogP contribution >= 0.6 is 12.4 Å². The van der Waals surface area contributed by atoms with E-state index in [1.54, 1.807) is 0 Å². The summed E-state index contributed by atoms with van der Waals surface area (Å²) in [6.07, 6.45) is 0. The second-order valence-electron chi connectivity index (χ2n) is 2.78. The molecule has 0 fully saturated rings. The van der Waals surface area contributed by atoms with E-state index < -0.39 is 0 Å². The van der Waals surface area contributed by atoms with Crippen LogP contribution in [0.1, 0.15) is 0 Å². The van der Waals surface area contributed by atoms with Gasteiger partial charge in [0, 0.05) is 6.54 Å². The summed E-state index contributed by atoms with van der Waals surface area (Å²) in [7, 11) is 0. The van der Waals surface area contributed by atoms with Gasteiger partial charge >= 0.3 is 0 Å². The molecule has 0 saturated heterocycles. The highest BCUT2D eigenvalue weighted by molar-refractivity contribution is 5.94. The zero-order valence-electron chi connectivity index (χ0n) is 7.55. The first kappa shape index (κ1) is 10.8. The number of hydrogen-bond donors (Lipinski definition) is 2. The molecule has 14 heavy (non-hydrogen) atoms. The van der Waals surface area contributed by atoms with Gasteiger partial charge < -0.3 is 5.32 Å². The zero-order chi connectivity index (χ0) is 9.10. The van der Waals surface area contributed by atoms with Crippen molar-refractivity contribution in [2.45, 2.75) is 0 Å². The summed E-state index contributed by atoms with van der Waals surface area (Å²) in [5.41, 5.74) is 0.718. The third-order valence-corrected chi connectivity index (χ3v) is 1.86. The average molecular weight is 214 g/mol. The van der Waals surface area contributed by atoms with Crippen LogP contribution in [0.15, 0.2) is 35.3 Å². The summed E-state index contributed by atoms with van der Waals surface area (Å²) < 4.78 is 0. The van der Waals surface area contributed by atoms with Crippen molar-refractivity contribution >= 4 is 24.1 Å². The fraction of sp³-hybridized carbons (Fsp3) is 0.222. The molecule has 0 unspecified atom stereocenters. The molecule has 2 N–H and O–H groups in total. The molecule has 0 bridgehead atoms. The molecule has 0 saturated carbocycles. The van der Waals surface area contributed by atoms with Crippen molar-refractivity contribution in [2.24, 2.45) is 4.99 Å². The molecule has 2 rings (SSSR count). The zero-order valence-corrected chi connectivity index (χ0v) is 8.37. The molecule has 0 amide bonds. The molecule has 0 spiro atoms. The number of rotatable bonds is 1. The summed E-state index contributed by atoms with van der Waals surface area (Å²) >= 11 is 0. The van der Waals surface area contributed by atoms with Crippen LogP contribution < -0.4 is 10.4 Å². The molecule has 1 aliphatic heterocycles. The van der Waals surface area contributed by atoms with Gasteiger partial charge in [-0.3, -0.25) is 5.21 Å². The van der Waals surface area contributed by atoms with Crippen LogP contribution in [0.4, 0.5) is 5.69 Å². The number of halogens is 1. The number of aliphatic imine (C=N–C) groups is 1. The number of hydroxylamine groups is 1. The smallest absolute Gasteiger partial charge is 0.223 e. The van der Waals surface area contributed by atoms with Gasteiger partial charge in [0.1, 0.15) is 0 Å². The monoisotopic (exact) mass is 213 g/mol. The fourth-order valence-electron chi connectivity index (χ4n) is 1.22. The Bertz CT molecular complexity index is 315. The van der Waals surface area contributed by atoms with E-state index in [1.807, 2.05) is 30.3 Å². The number of guanidine groups is 1. The van der Waals surface area contributed by atoms with Gasteiger partial charge in [-0.25, -0.2) is 4.99 Å². The number of anilines is 1. The lowest BCUT2D eigenvalue weighted by Crippen LogP contribution is -2.36. The Kier molecular flexibility index (Phi) is 3.73. The number of nitrogens with zero attached hydrogens (tertiary/aromatic N) is 2. The molecule has 1 aromatic rings. The Balaban J connectivity index is 0.000000980. The van der Waals surface area contributed by atoms with Gasteiger partial charge in [-0.05, 0) is 12.1 Å². The van der Waals surface area contributed by atoms with Crippen molar-refractivity contribution in [1.82, 2.24) is 5.32 Å². The second kappa shape index (κ2) is 4.83. The summed E-state index contributed by atoms with van der Waals surface area (Å²) in [5, 5.41) is 13.7. The summed E-state index contributed by atoms with van der Waals surface area (Å²) in [6, 6.07) is 9.29. The van der Waals surface area contributed by atoms with E-state index in [-0.39, 0.29) is 12.4 Å². The molecule has 0 radical (unpaired) electrons. The van der Waals surface area contributed by atoms with Gasteiger partial charge in [0.2, 0.25) is 5.96 Å². The number of para-hydroxylation sites is 1. The quantitative estimate of drug-likeness (QED) is 0.691. The molecule has 5 heteroatoms. The molecule has 0 aromatic heterocycles. The van der Waals surface area contributed by atoms with E-state index in [1.165, 1.54) is 0 Å². The Morgan fingerprint density at radius 3 is 2.57 bits per heavy atom. The molecule has 0 aliphatic carbocycles. The predicted molar refractivity (Wildman–Crippen MR) is 58.3 cm³/mol. The van der Waals surface area contributed by atoms with Gasteiger partial charge in [0.15, 0.2) is 0 Å². The minimum atomic E-state index is 0. The standard InChI is InChI=1S/C9H11N3O.ClH/c13-12(9-10-6-7-11-9)8-4-2-1-3-5-8;/h1-5,13H,6-7H2,(H,10,11);1H. The summed E-state index contributed by atoms with van der Waals surface area (Å²) in [6.45, 7) is 1.51. The molecule has 1 aromatic carbocycles. The molecular weight excluding hydrogens is 202 g/mol. The third-order valence-electron chi connectivity index (χ3n) is 1.86. The molecule has 76 valence electrons. The van der Waals surface area contributed by atoms with Gasteiger partial charge in [0.25, 0.3) is 0 Å². The normalized spacial score (nSPS) is 13.9. The highest BCUT2D eigenvalue weighted by Crippen LogP contribution is 2.11. The summed E-state index contributed by atoms with van der Waals surface area (Å²) in [4.78, 5) is 4.09. The highest BCUT2D eigenvalue weighted by Gasteiger charge is 2.13. The minimum absolute atomic E-state index is 0. The van der Waals surface area contributed by atoms with Crippen molar-refractivity contribution in [1.29, 1.82) is 0 Å². The lowest BCUT2D eigenvalue weighted by atomic mass is 10.3. The van der Waals surface area contributed by atoms with Crippen LogP contribution in [0.3, 0.4) is 0 Å². The van der Waals surface area contributed by atoms with Crippen LogP contribution in [0, 0.1) is 0 Å². The van der Waals surface area contributed by atoms with Gasteiger partial charge in [-0.2, -0.15) is 5.06 Å². The van der Waals surface area contributed by atoms with Crippen LogP contribution in [0.2, 0.25) is 0 Å². The molecule has 4 nitrogen and oxygen atoms in total.